The first-order valence-electron chi connectivity index (χ1n) is 8.41. The summed E-state index contributed by atoms with van der Waals surface area (Å²) >= 11 is 0. The van der Waals surface area contributed by atoms with Crippen molar-refractivity contribution in [2.75, 3.05) is 17.2 Å². The number of halogens is 2. The van der Waals surface area contributed by atoms with Crippen LogP contribution in [0.3, 0.4) is 0 Å². The lowest BCUT2D eigenvalue weighted by molar-refractivity contribution is 0.102. The van der Waals surface area contributed by atoms with E-state index in [1.807, 2.05) is 30.3 Å². The summed E-state index contributed by atoms with van der Waals surface area (Å²) in [4.78, 5) is 20.7. The van der Waals surface area contributed by atoms with Gasteiger partial charge in [-0.2, -0.15) is 0 Å². The molecule has 3 rings (SSSR count). The quantitative estimate of drug-likeness (QED) is 0.691. The van der Waals surface area contributed by atoms with Crippen molar-refractivity contribution in [1.29, 1.82) is 0 Å². The Labute approximate surface area is 155 Å². The van der Waals surface area contributed by atoms with Crippen LogP contribution < -0.4 is 10.6 Å². The van der Waals surface area contributed by atoms with Gasteiger partial charge in [0.2, 0.25) is 0 Å². The van der Waals surface area contributed by atoms with Crippen LogP contribution >= 0.6 is 0 Å². The fourth-order valence-corrected chi connectivity index (χ4v) is 2.53. The number of anilines is 2. The van der Waals surface area contributed by atoms with Gasteiger partial charge < -0.3 is 10.6 Å². The van der Waals surface area contributed by atoms with Gasteiger partial charge in [0, 0.05) is 18.7 Å². The van der Waals surface area contributed by atoms with Gasteiger partial charge in [-0.05, 0) is 31.0 Å². The van der Waals surface area contributed by atoms with Crippen molar-refractivity contribution < 1.29 is 13.6 Å². The number of carbonyl (C=O) groups is 1. The normalized spacial score (nSPS) is 10.5. The predicted octanol–water partition coefficient (Wildman–Crippen LogP) is 3.97. The van der Waals surface area contributed by atoms with Crippen molar-refractivity contribution in [2.45, 2.75) is 13.3 Å². The van der Waals surface area contributed by atoms with Crippen molar-refractivity contribution in [1.82, 2.24) is 9.97 Å². The maximum absolute atomic E-state index is 13.7. The Morgan fingerprint density at radius 3 is 2.56 bits per heavy atom. The topological polar surface area (TPSA) is 66.9 Å². The molecule has 0 spiro atoms. The van der Waals surface area contributed by atoms with Crippen LogP contribution in [0, 0.1) is 18.6 Å². The molecule has 1 aromatic heterocycles. The minimum atomic E-state index is -0.852. The standard InChI is InChI=1S/C20H18F2N4O/c1-13-24-18(20(27)26-17-8-7-15(21)11-16(17)22)12-19(25-13)23-10-9-14-5-3-2-4-6-14/h2-8,11-12H,9-10H2,1H3,(H,26,27)(H,23,24,25). The van der Waals surface area contributed by atoms with Crippen molar-refractivity contribution in [2.24, 2.45) is 0 Å². The minimum absolute atomic E-state index is 0.0911. The lowest BCUT2D eigenvalue weighted by Gasteiger charge is -2.10. The summed E-state index contributed by atoms with van der Waals surface area (Å²) in [5.74, 6) is -1.26. The number of nitrogens with one attached hydrogen (secondary N) is 2. The highest BCUT2D eigenvalue weighted by Gasteiger charge is 2.13. The summed E-state index contributed by atoms with van der Waals surface area (Å²) in [5.41, 5.74) is 1.16. The Hall–Kier alpha value is -3.35. The van der Waals surface area contributed by atoms with E-state index in [1.165, 1.54) is 11.6 Å². The lowest BCUT2D eigenvalue weighted by Crippen LogP contribution is -2.17. The molecule has 138 valence electrons. The molecule has 0 bridgehead atoms. The van der Waals surface area contributed by atoms with Gasteiger partial charge in [-0.3, -0.25) is 4.79 Å². The Morgan fingerprint density at radius 1 is 1.04 bits per heavy atom. The molecule has 0 saturated heterocycles. The van der Waals surface area contributed by atoms with Crippen molar-refractivity contribution in [3.05, 3.63) is 83.3 Å². The highest BCUT2D eigenvalue weighted by atomic mass is 19.1. The zero-order chi connectivity index (χ0) is 19.2. The molecule has 2 N–H and O–H groups in total. The predicted molar refractivity (Wildman–Crippen MR) is 99.7 cm³/mol. The molecule has 0 saturated carbocycles. The second kappa shape index (κ2) is 8.35. The number of aryl methyl sites for hydroxylation is 1. The average molecular weight is 368 g/mol. The highest BCUT2D eigenvalue weighted by Crippen LogP contribution is 2.16. The first-order chi connectivity index (χ1) is 13.0. The molecular formula is C20H18F2N4O. The molecule has 1 amide bonds. The van der Waals surface area contributed by atoms with Gasteiger partial charge in [-0.15, -0.1) is 0 Å². The number of hydrogen-bond donors (Lipinski definition) is 2. The number of amides is 1. The summed E-state index contributed by atoms with van der Waals surface area (Å²) in [7, 11) is 0. The summed E-state index contributed by atoms with van der Waals surface area (Å²) in [5, 5.41) is 5.55. The molecule has 0 atom stereocenters. The molecular weight excluding hydrogens is 350 g/mol. The molecule has 1 heterocycles. The van der Waals surface area contributed by atoms with Gasteiger partial charge in [0.1, 0.15) is 29.0 Å². The van der Waals surface area contributed by atoms with Crippen LogP contribution in [0.4, 0.5) is 20.3 Å². The van der Waals surface area contributed by atoms with E-state index in [0.29, 0.717) is 24.3 Å². The van der Waals surface area contributed by atoms with Gasteiger partial charge in [0.25, 0.3) is 5.91 Å². The van der Waals surface area contributed by atoms with Crippen molar-refractivity contribution in [3.8, 4) is 0 Å². The van der Waals surface area contributed by atoms with Crippen LogP contribution in [0.1, 0.15) is 21.9 Å². The largest absolute Gasteiger partial charge is 0.370 e. The second-order valence-electron chi connectivity index (χ2n) is 5.93. The van der Waals surface area contributed by atoms with E-state index in [9.17, 15) is 13.6 Å². The number of hydrogen-bond acceptors (Lipinski definition) is 4. The molecule has 0 radical (unpaired) electrons. The molecule has 3 aromatic rings. The van der Waals surface area contributed by atoms with Crippen LogP contribution in [0.5, 0.6) is 0 Å². The van der Waals surface area contributed by atoms with E-state index in [4.69, 9.17) is 0 Å². The van der Waals surface area contributed by atoms with Crippen LogP contribution in [-0.2, 0) is 6.42 Å². The Kier molecular flexibility index (Phi) is 5.71. The minimum Gasteiger partial charge on any atom is -0.370 e. The molecule has 0 aliphatic carbocycles. The zero-order valence-electron chi connectivity index (χ0n) is 14.7. The third-order valence-corrected chi connectivity index (χ3v) is 3.81. The van der Waals surface area contributed by atoms with E-state index in [1.54, 1.807) is 6.92 Å². The van der Waals surface area contributed by atoms with Gasteiger partial charge >= 0.3 is 0 Å². The van der Waals surface area contributed by atoms with Crippen molar-refractivity contribution >= 4 is 17.4 Å². The van der Waals surface area contributed by atoms with Gasteiger partial charge in [0.05, 0.1) is 5.69 Å². The van der Waals surface area contributed by atoms with E-state index in [-0.39, 0.29) is 11.4 Å². The Bertz CT molecular complexity index is 948. The molecule has 27 heavy (non-hydrogen) atoms. The average Bonchev–Trinajstić information content (AvgIpc) is 2.64. The molecule has 0 aliphatic heterocycles. The Balaban J connectivity index is 1.67. The summed E-state index contributed by atoms with van der Waals surface area (Å²) < 4.78 is 26.7. The third-order valence-electron chi connectivity index (χ3n) is 3.81. The van der Waals surface area contributed by atoms with E-state index in [0.717, 1.165) is 18.6 Å². The van der Waals surface area contributed by atoms with E-state index in [2.05, 4.69) is 20.6 Å². The van der Waals surface area contributed by atoms with Crippen LogP contribution in [0.15, 0.2) is 54.6 Å². The monoisotopic (exact) mass is 368 g/mol. The van der Waals surface area contributed by atoms with Crippen molar-refractivity contribution in [3.63, 3.8) is 0 Å². The second-order valence-corrected chi connectivity index (χ2v) is 5.93. The van der Waals surface area contributed by atoms with Crippen LogP contribution in [-0.4, -0.2) is 22.4 Å². The fraction of sp³-hybridized carbons (Fsp3) is 0.150. The summed E-state index contributed by atoms with van der Waals surface area (Å²) in [6.07, 6.45) is 0.798. The first kappa shape index (κ1) is 18.4. The van der Waals surface area contributed by atoms with E-state index >= 15 is 0 Å². The van der Waals surface area contributed by atoms with Crippen LogP contribution in [0.25, 0.3) is 0 Å². The Morgan fingerprint density at radius 2 is 1.81 bits per heavy atom. The summed E-state index contributed by atoms with van der Waals surface area (Å²) in [6, 6.07) is 14.4. The van der Waals surface area contributed by atoms with Gasteiger partial charge in [-0.1, -0.05) is 30.3 Å². The molecule has 0 aliphatic rings. The molecule has 5 nitrogen and oxygen atoms in total. The van der Waals surface area contributed by atoms with Gasteiger partial charge in [0.15, 0.2) is 0 Å². The molecule has 7 heteroatoms. The van der Waals surface area contributed by atoms with Gasteiger partial charge in [-0.25, -0.2) is 18.7 Å². The molecule has 0 fully saturated rings. The molecule has 0 unspecified atom stereocenters. The number of carbonyl (C=O) groups excluding carboxylic acids is 1. The fourth-order valence-electron chi connectivity index (χ4n) is 2.53. The third kappa shape index (κ3) is 5.07. The maximum Gasteiger partial charge on any atom is 0.274 e. The number of nitrogens with zero attached hydrogens (tertiary/aromatic N) is 2. The zero-order valence-corrected chi connectivity index (χ0v) is 14.7. The highest BCUT2D eigenvalue weighted by molar-refractivity contribution is 6.03. The summed E-state index contributed by atoms with van der Waals surface area (Å²) in [6.45, 7) is 2.30. The maximum atomic E-state index is 13.7. The molecule has 2 aromatic carbocycles. The smallest absolute Gasteiger partial charge is 0.274 e. The number of rotatable bonds is 6. The first-order valence-corrected chi connectivity index (χ1v) is 8.41. The van der Waals surface area contributed by atoms with Crippen LogP contribution in [0.2, 0.25) is 0 Å². The SMILES string of the molecule is Cc1nc(NCCc2ccccc2)cc(C(=O)Nc2ccc(F)cc2F)n1. The number of benzene rings is 2. The lowest BCUT2D eigenvalue weighted by atomic mass is 10.1. The number of aromatic nitrogens is 2. The van der Waals surface area contributed by atoms with E-state index < -0.39 is 17.5 Å².